The molecule has 2 rings (SSSR count). The van der Waals surface area contributed by atoms with Gasteiger partial charge in [0, 0.05) is 17.8 Å². The molecule has 2 atom stereocenters. The van der Waals surface area contributed by atoms with Crippen LogP contribution in [0.3, 0.4) is 0 Å². The number of rotatable bonds is 10. The highest BCUT2D eigenvalue weighted by Crippen LogP contribution is 2.25. The molecule has 6 N–H and O–H groups in total. The number of nitrogens with zero attached hydrogens (tertiary/aromatic N) is 3. The fourth-order valence-electron chi connectivity index (χ4n) is 2.99. The van der Waals surface area contributed by atoms with E-state index < -0.39 is 11.7 Å². The van der Waals surface area contributed by atoms with Crippen LogP contribution in [0.2, 0.25) is 0 Å². The number of nitrogens with two attached hydrogens (primary N) is 2. The molecule has 8 nitrogen and oxygen atoms in total. The molecule has 0 saturated carbocycles. The zero-order valence-corrected chi connectivity index (χ0v) is 18.3. The number of anilines is 3. The highest BCUT2D eigenvalue weighted by atomic mass is 19.1. The first kappa shape index (κ1) is 23.5. The van der Waals surface area contributed by atoms with E-state index >= 15 is 0 Å². The molecule has 2 heterocycles. The first-order valence-electron chi connectivity index (χ1n) is 9.96. The minimum atomic E-state index is -0.776. The number of hydrogen-bond acceptors (Lipinski definition) is 7. The van der Waals surface area contributed by atoms with E-state index in [0.717, 1.165) is 36.7 Å². The van der Waals surface area contributed by atoms with Gasteiger partial charge in [0.05, 0.1) is 17.4 Å². The summed E-state index contributed by atoms with van der Waals surface area (Å²) in [5.74, 6) is -1.26. The van der Waals surface area contributed by atoms with Gasteiger partial charge in [0.25, 0.3) is 5.91 Å². The number of aromatic nitrogens is 2. The summed E-state index contributed by atoms with van der Waals surface area (Å²) in [7, 11) is 4.00. The quantitative estimate of drug-likeness (QED) is 0.468. The van der Waals surface area contributed by atoms with Crippen molar-refractivity contribution >= 4 is 23.2 Å². The lowest BCUT2D eigenvalue weighted by Gasteiger charge is -2.24. The maximum absolute atomic E-state index is 14.7. The number of aryl methyl sites for hydroxylation is 2. The monoisotopic (exact) mass is 417 g/mol. The van der Waals surface area contributed by atoms with Crippen LogP contribution < -0.4 is 22.1 Å². The summed E-state index contributed by atoms with van der Waals surface area (Å²) in [5, 5.41) is 6.13. The van der Waals surface area contributed by atoms with E-state index in [-0.39, 0.29) is 29.3 Å². The molecule has 0 fully saturated rings. The van der Waals surface area contributed by atoms with Gasteiger partial charge in [-0.05, 0) is 71.9 Å². The highest BCUT2D eigenvalue weighted by molar-refractivity contribution is 5.98. The molecule has 0 unspecified atom stereocenters. The second-order valence-corrected chi connectivity index (χ2v) is 7.89. The maximum Gasteiger partial charge on any atom is 0.252 e. The number of primary amides is 1. The van der Waals surface area contributed by atoms with Gasteiger partial charge in [0.2, 0.25) is 0 Å². The van der Waals surface area contributed by atoms with Crippen molar-refractivity contribution in [3.05, 3.63) is 41.0 Å². The van der Waals surface area contributed by atoms with Gasteiger partial charge in [-0.2, -0.15) is 0 Å². The molecule has 30 heavy (non-hydrogen) atoms. The van der Waals surface area contributed by atoms with Crippen molar-refractivity contribution in [2.45, 2.75) is 45.7 Å². The van der Waals surface area contributed by atoms with E-state index in [1.165, 1.54) is 0 Å². The van der Waals surface area contributed by atoms with Crippen molar-refractivity contribution in [1.82, 2.24) is 14.9 Å². The topological polar surface area (TPSA) is 122 Å². The first-order valence-corrected chi connectivity index (χ1v) is 9.96. The van der Waals surface area contributed by atoms with E-state index in [4.69, 9.17) is 11.5 Å². The molecule has 0 aromatic carbocycles. The molecule has 9 heteroatoms. The molecular formula is C21H32FN7O. The van der Waals surface area contributed by atoms with Crippen LogP contribution in [0.4, 0.5) is 21.7 Å². The molecule has 2 aromatic rings. The van der Waals surface area contributed by atoms with Gasteiger partial charge in [-0.15, -0.1) is 0 Å². The second-order valence-electron chi connectivity index (χ2n) is 7.89. The van der Waals surface area contributed by atoms with E-state index in [9.17, 15) is 9.18 Å². The van der Waals surface area contributed by atoms with Crippen molar-refractivity contribution in [2.24, 2.45) is 11.5 Å². The predicted octanol–water partition coefficient (Wildman–Crippen LogP) is 2.54. The Morgan fingerprint density at radius 3 is 2.53 bits per heavy atom. The SMILES string of the molecule is Cc1cc(Nc2nc(N[C@H](CCCN(C)C)[C@H](C)N)c(F)cc2C(N)=O)cnc1C. The van der Waals surface area contributed by atoms with E-state index in [2.05, 4.69) is 25.5 Å². The van der Waals surface area contributed by atoms with Crippen LogP contribution in [0, 0.1) is 19.7 Å². The summed E-state index contributed by atoms with van der Waals surface area (Å²) in [6.07, 6.45) is 3.27. The zero-order valence-electron chi connectivity index (χ0n) is 18.3. The van der Waals surface area contributed by atoms with Crippen LogP contribution in [0.1, 0.15) is 41.4 Å². The smallest absolute Gasteiger partial charge is 0.252 e. The summed E-state index contributed by atoms with van der Waals surface area (Å²) in [6.45, 7) is 6.59. The molecule has 164 valence electrons. The molecule has 2 aromatic heterocycles. The fourth-order valence-corrected chi connectivity index (χ4v) is 2.99. The predicted molar refractivity (Wildman–Crippen MR) is 119 cm³/mol. The summed E-state index contributed by atoms with van der Waals surface area (Å²) >= 11 is 0. The summed E-state index contributed by atoms with van der Waals surface area (Å²) in [5.41, 5.74) is 14.0. The molecule has 0 aliphatic carbocycles. The third-order valence-electron chi connectivity index (χ3n) is 4.92. The normalized spacial score (nSPS) is 13.2. The lowest BCUT2D eigenvalue weighted by molar-refractivity contribution is 0.100. The Balaban J connectivity index is 2.32. The first-order chi connectivity index (χ1) is 14.1. The molecule has 1 amide bonds. The Hall–Kier alpha value is -2.78. The van der Waals surface area contributed by atoms with Gasteiger partial charge in [-0.1, -0.05) is 0 Å². The highest BCUT2D eigenvalue weighted by Gasteiger charge is 2.20. The average molecular weight is 418 g/mol. The molecule has 0 aliphatic heterocycles. The summed E-state index contributed by atoms with van der Waals surface area (Å²) in [4.78, 5) is 22.5. The van der Waals surface area contributed by atoms with Crippen molar-refractivity contribution in [1.29, 1.82) is 0 Å². The van der Waals surface area contributed by atoms with Gasteiger partial charge >= 0.3 is 0 Å². The van der Waals surface area contributed by atoms with Gasteiger partial charge in [-0.25, -0.2) is 9.37 Å². The lowest BCUT2D eigenvalue weighted by atomic mass is 10.0. The molecule has 0 spiro atoms. The largest absolute Gasteiger partial charge is 0.365 e. The Bertz CT molecular complexity index is 886. The van der Waals surface area contributed by atoms with Crippen molar-refractivity contribution in [2.75, 3.05) is 31.3 Å². The van der Waals surface area contributed by atoms with Crippen LogP contribution in [0.25, 0.3) is 0 Å². The van der Waals surface area contributed by atoms with Crippen LogP contribution in [0.5, 0.6) is 0 Å². The van der Waals surface area contributed by atoms with Crippen LogP contribution in [0.15, 0.2) is 18.3 Å². The van der Waals surface area contributed by atoms with Gasteiger partial charge in [0.1, 0.15) is 5.82 Å². The van der Waals surface area contributed by atoms with Crippen molar-refractivity contribution < 1.29 is 9.18 Å². The number of carbonyl (C=O) groups excluding carboxylic acids is 1. The number of carbonyl (C=O) groups is 1. The number of amides is 1. The molecule has 0 radical (unpaired) electrons. The molecular weight excluding hydrogens is 385 g/mol. The number of hydrogen-bond donors (Lipinski definition) is 4. The van der Waals surface area contributed by atoms with Crippen LogP contribution in [-0.2, 0) is 0 Å². The van der Waals surface area contributed by atoms with Crippen LogP contribution >= 0.6 is 0 Å². The van der Waals surface area contributed by atoms with Crippen molar-refractivity contribution in [3.63, 3.8) is 0 Å². The maximum atomic E-state index is 14.7. The molecule has 0 aliphatic rings. The zero-order chi connectivity index (χ0) is 22.4. The van der Waals surface area contributed by atoms with Gasteiger partial charge in [0.15, 0.2) is 11.6 Å². The Kier molecular flexibility index (Phi) is 8.08. The number of pyridine rings is 2. The Morgan fingerprint density at radius 2 is 1.97 bits per heavy atom. The average Bonchev–Trinajstić information content (AvgIpc) is 2.65. The molecule has 0 bridgehead atoms. The Labute approximate surface area is 177 Å². The number of nitrogens with one attached hydrogen (secondary N) is 2. The van der Waals surface area contributed by atoms with Gasteiger partial charge in [-0.3, -0.25) is 9.78 Å². The van der Waals surface area contributed by atoms with Gasteiger partial charge < -0.3 is 27.0 Å². The minimum absolute atomic E-state index is 0.0199. The van der Waals surface area contributed by atoms with E-state index in [1.54, 1.807) is 6.20 Å². The third kappa shape index (κ3) is 6.36. The third-order valence-corrected chi connectivity index (χ3v) is 4.92. The standard InChI is InChI=1S/C21H32FN7O/c1-12-9-15(11-25-14(12)3)26-20-16(19(24)30)10-17(22)21(28-20)27-18(13(2)23)7-6-8-29(4)5/h9-11,13,18H,6-8,23H2,1-5H3,(H2,24,30)(H2,26,27,28)/t13-,18+/m0/s1. The van der Waals surface area contributed by atoms with Crippen LogP contribution in [-0.4, -0.2) is 53.5 Å². The Morgan fingerprint density at radius 1 is 1.27 bits per heavy atom. The fraction of sp³-hybridized carbons (Fsp3) is 0.476. The number of halogens is 1. The van der Waals surface area contributed by atoms with E-state index in [1.807, 2.05) is 40.9 Å². The lowest BCUT2D eigenvalue weighted by Crippen LogP contribution is -2.39. The second kappa shape index (κ2) is 10.3. The summed E-state index contributed by atoms with van der Waals surface area (Å²) < 4.78 is 14.7. The summed E-state index contributed by atoms with van der Waals surface area (Å²) in [6, 6.07) is 2.57. The minimum Gasteiger partial charge on any atom is -0.365 e. The van der Waals surface area contributed by atoms with E-state index in [0.29, 0.717) is 5.69 Å². The van der Waals surface area contributed by atoms with Crippen molar-refractivity contribution in [3.8, 4) is 0 Å². The molecule has 0 saturated heterocycles.